The predicted molar refractivity (Wildman–Crippen MR) is 74.5 cm³/mol. The first-order valence-electron chi connectivity index (χ1n) is 6.02. The van der Waals surface area contributed by atoms with Crippen molar-refractivity contribution in [2.45, 2.75) is 6.92 Å². The van der Waals surface area contributed by atoms with Crippen molar-refractivity contribution in [1.29, 1.82) is 0 Å². The molecule has 2 rings (SSSR count). The molecular weight excluding hydrogens is 276 g/mol. The fourth-order valence-electron chi connectivity index (χ4n) is 1.49. The van der Waals surface area contributed by atoms with Crippen LogP contribution in [0.1, 0.15) is 16.2 Å². The van der Waals surface area contributed by atoms with Gasteiger partial charge in [-0.05, 0) is 31.2 Å². The zero-order valence-corrected chi connectivity index (χ0v) is 11.2. The molecule has 1 amide bonds. The number of carbonyl (C=O) groups excluding carboxylic acids is 1. The number of benzene rings is 1. The average Bonchev–Trinajstić information content (AvgIpc) is 2.93. The third-order valence-corrected chi connectivity index (χ3v) is 2.49. The molecule has 110 valence electrons. The van der Waals surface area contributed by atoms with Gasteiger partial charge in [0.1, 0.15) is 18.1 Å². The number of carbonyl (C=O) groups is 1. The Kier molecular flexibility index (Phi) is 4.39. The Bertz CT molecular complexity index is 648. The zero-order chi connectivity index (χ0) is 15.2. The zero-order valence-electron chi connectivity index (χ0n) is 11.2. The van der Waals surface area contributed by atoms with E-state index in [-0.39, 0.29) is 24.0 Å². The summed E-state index contributed by atoms with van der Waals surface area (Å²) in [4.78, 5) is 11.8. The number of rotatable bonds is 5. The van der Waals surface area contributed by atoms with E-state index < -0.39 is 0 Å². The van der Waals surface area contributed by atoms with Crippen LogP contribution in [0.15, 0.2) is 40.0 Å². The summed E-state index contributed by atoms with van der Waals surface area (Å²) in [6.07, 6.45) is 0. The first-order valence-corrected chi connectivity index (χ1v) is 6.02. The molecule has 0 saturated heterocycles. The number of aromatic nitrogens is 1. The van der Waals surface area contributed by atoms with Gasteiger partial charge in [0.2, 0.25) is 0 Å². The van der Waals surface area contributed by atoms with Crippen LogP contribution in [0.4, 0.5) is 5.69 Å². The highest BCUT2D eigenvalue weighted by atomic mass is 16.5. The maximum atomic E-state index is 11.8. The van der Waals surface area contributed by atoms with Gasteiger partial charge in [0, 0.05) is 11.8 Å². The number of hydrogen-bond donors (Lipinski definition) is 3. The van der Waals surface area contributed by atoms with Crippen molar-refractivity contribution in [3.63, 3.8) is 0 Å². The van der Waals surface area contributed by atoms with Crippen LogP contribution in [0.2, 0.25) is 0 Å². The molecule has 0 bridgehead atoms. The first-order chi connectivity index (χ1) is 10.1. The highest BCUT2D eigenvalue weighted by Gasteiger charge is 2.11. The van der Waals surface area contributed by atoms with E-state index >= 15 is 0 Å². The van der Waals surface area contributed by atoms with Crippen LogP contribution < -0.4 is 15.8 Å². The Morgan fingerprint density at radius 1 is 1.48 bits per heavy atom. The molecule has 8 nitrogen and oxygen atoms in total. The Morgan fingerprint density at radius 2 is 2.19 bits per heavy atom. The minimum absolute atomic E-state index is 0.0274. The Morgan fingerprint density at radius 3 is 2.76 bits per heavy atom. The number of amides is 1. The molecule has 0 saturated carbocycles. The van der Waals surface area contributed by atoms with Crippen LogP contribution in [0.5, 0.6) is 5.75 Å². The molecule has 8 heteroatoms. The maximum absolute atomic E-state index is 11.8. The van der Waals surface area contributed by atoms with Gasteiger partial charge in [0.15, 0.2) is 11.5 Å². The van der Waals surface area contributed by atoms with Crippen molar-refractivity contribution in [3.8, 4) is 5.75 Å². The lowest BCUT2D eigenvalue weighted by Crippen LogP contribution is -2.20. The second kappa shape index (κ2) is 6.42. The molecule has 0 unspecified atom stereocenters. The highest BCUT2D eigenvalue weighted by molar-refractivity contribution is 6.02. The van der Waals surface area contributed by atoms with Crippen molar-refractivity contribution >= 4 is 17.4 Å². The lowest BCUT2D eigenvalue weighted by molar-refractivity contribution is 0.101. The Balaban J connectivity index is 1.94. The fraction of sp³-hybridized carbons (Fsp3) is 0.154. The number of oxime groups is 1. The SMILES string of the molecule is Cc1cc(C(=O)Nc2ccc(OCC(N)=NO)cc2)no1. The normalized spacial score (nSPS) is 11.2. The molecule has 1 aromatic heterocycles. The third kappa shape index (κ3) is 3.96. The summed E-state index contributed by atoms with van der Waals surface area (Å²) in [5.41, 5.74) is 6.07. The van der Waals surface area contributed by atoms with E-state index in [2.05, 4.69) is 15.6 Å². The maximum Gasteiger partial charge on any atom is 0.277 e. The molecule has 0 aliphatic rings. The number of hydrogen-bond acceptors (Lipinski definition) is 6. The number of nitrogens with one attached hydrogen (secondary N) is 1. The van der Waals surface area contributed by atoms with E-state index in [1.165, 1.54) is 0 Å². The summed E-state index contributed by atoms with van der Waals surface area (Å²) in [6, 6.07) is 8.16. The molecule has 0 atom stereocenters. The molecular formula is C13H14N4O4. The lowest BCUT2D eigenvalue weighted by atomic mass is 10.3. The van der Waals surface area contributed by atoms with Crippen molar-refractivity contribution < 1.29 is 19.3 Å². The monoisotopic (exact) mass is 290 g/mol. The molecule has 2 aromatic rings. The Hall–Kier alpha value is -3.03. The summed E-state index contributed by atoms with van der Waals surface area (Å²) < 4.78 is 10.1. The van der Waals surface area contributed by atoms with Crippen LogP contribution in [-0.2, 0) is 0 Å². The number of ether oxygens (including phenoxy) is 1. The largest absolute Gasteiger partial charge is 0.486 e. The predicted octanol–water partition coefficient (Wildman–Crippen LogP) is 1.36. The van der Waals surface area contributed by atoms with Crippen LogP contribution >= 0.6 is 0 Å². The summed E-state index contributed by atoms with van der Waals surface area (Å²) in [7, 11) is 0. The summed E-state index contributed by atoms with van der Waals surface area (Å²) in [5.74, 6) is 0.690. The first kappa shape index (κ1) is 14.4. The minimum atomic E-state index is -0.364. The number of amidine groups is 1. The van der Waals surface area contributed by atoms with Crippen molar-refractivity contribution in [3.05, 3.63) is 41.8 Å². The van der Waals surface area contributed by atoms with E-state index in [4.69, 9.17) is 20.2 Å². The fourth-order valence-corrected chi connectivity index (χ4v) is 1.49. The molecule has 0 radical (unpaired) electrons. The highest BCUT2D eigenvalue weighted by Crippen LogP contribution is 2.16. The summed E-state index contributed by atoms with van der Waals surface area (Å²) in [6.45, 7) is 1.68. The summed E-state index contributed by atoms with van der Waals surface area (Å²) >= 11 is 0. The van der Waals surface area contributed by atoms with E-state index in [0.29, 0.717) is 17.2 Å². The van der Waals surface area contributed by atoms with E-state index in [1.54, 1.807) is 37.3 Å². The van der Waals surface area contributed by atoms with Gasteiger partial charge in [-0.15, -0.1) is 0 Å². The second-order valence-corrected chi connectivity index (χ2v) is 4.18. The standard InChI is InChI=1S/C13H14N4O4/c1-8-6-11(17-21-8)13(18)15-9-2-4-10(5-3-9)20-7-12(14)16-19/h2-6,19H,7H2,1H3,(H2,14,16)(H,15,18). The molecule has 4 N–H and O–H groups in total. The van der Waals surface area contributed by atoms with Crippen LogP contribution in [0, 0.1) is 6.92 Å². The van der Waals surface area contributed by atoms with Gasteiger partial charge in [-0.1, -0.05) is 10.3 Å². The van der Waals surface area contributed by atoms with E-state index in [9.17, 15) is 4.79 Å². The van der Waals surface area contributed by atoms with Crippen molar-refractivity contribution in [2.24, 2.45) is 10.9 Å². The lowest BCUT2D eigenvalue weighted by Gasteiger charge is -2.06. The number of aryl methyl sites for hydroxylation is 1. The number of anilines is 1. The summed E-state index contributed by atoms with van der Waals surface area (Å²) in [5, 5.41) is 17.5. The van der Waals surface area contributed by atoms with Crippen molar-refractivity contribution in [1.82, 2.24) is 5.16 Å². The minimum Gasteiger partial charge on any atom is -0.486 e. The molecule has 21 heavy (non-hydrogen) atoms. The van der Waals surface area contributed by atoms with E-state index in [0.717, 1.165) is 0 Å². The van der Waals surface area contributed by atoms with Gasteiger partial charge < -0.3 is 25.5 Å². The quantitative estimate of drug-likeness (QED) is 0.330. The topological polar surface area (TPSA) is 123 Å². The van der Waals surface area contributed by atoms with Gasteiger partial charge in [-0.3, -0.25) is 4.79 Å². The molecule has 0 aliphatic heterocycles. The van der Waals surface area contributed by atoms with Gasteiger partial charge in [-0.25, -0.2) is 0 Å². The van der Waals surface area contributed by atoms with Crippen LogP contribution in [0.3, 0.4) is 0 Å². The smallest absolute Gasteiger partial charge is 0.277 e. The molecule has 0 fully saturated rings. The van der Waals surface area contributed by atoms with Gasteiger partial charge in [-0.2, -0.15) is 0 Å². The second-order valence-electron chi connectivity index (χ2n) is 4.18. The number of nitrogens with two attached hydrogens (primary N) is 1. The average molecular weight is 290 g/mol. The third-order valence-electron chi connectivity index (χ3n) is 2.49. The van der Waals surface area contributed by atoms with Crippen LogP contribution in [0.25, 0.3) is 0 Å². The van der Waals surface area contributed by atoms with Crippen LogP contribution in [-0.4, -0.2) is 28.7 Å². The van der Waals surface area contributed by atoms with Gasteiger partial charge in [0.05, 0.1) is 0 Å². The van der Waals surface area contributed by atoms with Gasteiger partial charge >= 0.3 is 0 Å². The van der Waals surface area contributed by atoms with Crippen molar-refractivity contribution in [2.75, 3.05) is 11.9 Å². The molecule has 0 spiro atoms. The molecule has 1 heterocycles. The molecule has 0 aliphatic carbocycles. The number of nitrogens with zero attached hydrogens (tertiary/aromatic N) is 2. The molecule has 1 aromatic carbocycles. The Labute approximate surface area is 120 Å². The van der Waals surface area contributed by atoms with Gasteiger partial charge in [0.25, 0.3) is 5.91 Å². The van der Waals surface area contributed by atoms with E-state index in [1.807, 2.05) is 0 Å².